The summed E-state index contributed by atoms with van der Waals surface area (Å²) >= 11 is 0. The number of carbonyl (C=O) groups is 2. The van der Waals surface area contributed by atoms with Crippen LogP contribution in [0.5, 0.6) is 0 Å². The molecule has 0 bridgehead atoms. The molecule has 0 aliphatic rings. The van der Waals surface area contributed by atoms with Crippen molar-refractivity contribution in [2.24, 2.45) is 0 Å². The zero-order valence-electron chi connectivity index (χ0n) is 16.1. The molecule has 1 heterocycles. The number of hydrogen-bond donors (Lipinski definition) is 2. The fourth-order valence-electron chi connectivity index (χ4n) is 3.06. The van der Waals surface area contributed by atoms with Crippen LogP contribution in [0.2, 0.25) is 0 Å². The molecule has 0 fully saturated rings. The Morgan fingerprint density at radius 2 is 1.63 bits per heavy atom. The Balaban J connectivity index is 1.60. The lowest BCUT2D eigenvalue weighted by Crippen LogP contribution is -2.11. The maximum absolute atomic E-state index is 12.4. The molecular weight excluding hydrogens is 380 g/mol. The summed E-state index contributed by atoms with van der Waals surface area (Å²) in [7, 11) is 0. The number of aromatic nitrogens is 1. The van der Waals surface area contributed by atoms with Gasteiger partial charge in [-0.05, 0) is 55.5 Å². The second-order valence-electron chi connectivity index (χ2n) is 6.77. The number of hydrogen-bond acceptors (Lipinski definition) is 4. The van der Waals surface area contributed by atoms with Gasteiger partial charge >= 0.3 is 5.97 Å². The molecule has 1 amide bonds. The number of nitrogens with one attached hydrogen (secondary N) is 1. The second kappa shape index (κ2) is 8.05. The minimum absolute atomic E-state index is 0.162. The van der Waals surface area contributed by atoms with Gasteiger partial charge in [0.05, 0.1) is 0 Å². The molecule has 2 N–H and O–H groups in total. The summed E-state index contributed by atoms with van der Waals surface area (Å²) in [6, 6.07) is 23.2. The maximum atomic E-state index is 12.4. The van der Waals surface area contributed by atoms with Crippen molar-refractivity contribution in [2.75, 3.05) is 5.32 Å². The molecule has 0 atom stereocenters. The van der Waals surface area contributed by atoms with E-state index < -0.39 is 5.97 Å². The van der Waals surface area contributed by atoms with E-state index in [1.807, 2.05) is 43.3 Å². The van der Waals surface area contributed by atoms with Crippen LogP contribution in [0.1, 0.15) is 26.4 Å². The number of anilines is 1. The smallest absolute Gasteiger partial charge is 0.358 e. The fourth-order valence-corrected chi connectivity index (χ4v) is 3.06. The van der Waals surface area contributed by atoms with Crippen molar-refractivity contribution in [3.8, 4) is 22.8 Å². The normalized spacial score (nSPS) is 10.6. The van der Waals surface area contributed by atoms with Crippen LogP contribution >= 0.6 is 0 Å². The van der Waals surface area contributed by atoms with E-state index in [4.69, 9.17) is 4.42 Å². The van der Waals surface area contributed by atoms with E-state index in [1.54, 1.807) is 42.5 Å². The first kappa shape index (κ1) is 19.1. The molecule has 0 spiro atoms. The number of carboxylic acid groups (broad SMARTS) is 1. The lowest BCUT2D eigenvalue weighted by Gasteiger charge is -2.07. The summed E-state index contributed by atoms with van der Waals surface area (Å²) in [5, 5.41) is 12.4. The summed E-state index contributed by atoms with van der Waals surface area (Å²) in [5.41, 5.74) is 3.23. The van der Waals surface area contributed by atoms with Crippen LogP contribution in [0.15, 0.2) is 83.3 Å². The van der Waals surface area contributed by atoms with Crippen molar-refractivity contribution in [3.05, 3.63) is 95.7 Å². The molecule has 1 aromatic heterocycles. The van der Waals surface area contributed by atoms with Crippen LogP contribution in [0, 0.1) is 6.92 Å². The third-order valence-electron chi connectivity index (χ3n) is 4.54. The van der Waals surface area contributed by atoms with Crippen LogP contribution in [0.3, 0.4) is 0 Å². The molecule has 0 saturated carbocycles. The van der Waals surface area contributed by atoms with Crippen LogP contribution in [0.4, 0.5) is 5.69 Å². The van der Waals surface area contributed by atoms with Gasteiger partial charge in [0.25, 0.3) is 5.91 Å². The number of amides is 1. The van der Waals surface area contributed by atoms with Gasteiger partial charge in [0, 0.05) is 22.4 Å². The zero-order valence-corrected chi connectivity index (χ0v) is 16.1. The molecule has 6 nitrogen and oxygen atoms in total. The van der Waals surface area contributed by atoms with Gasteiger partial charge in [-0.3, -0.25) is 4.79 Å². The van der Waals surface area contributed by atoms with E-state index in [1.165, 1.54) is 0 Å². The third kappa shape index (κ3) is 3.98. The summed E-state index contributed by atoms with van der Waals surface area (Å²) < 4.78 is 5.77. The lowest BCUT2D eigenvalue weighted by molar-refractivity contribution is 0.0691. The van der Waals surface area contributed by atoms with Crippen molar-refractivity contribution in [3.63, 3.8) is 0 Å². The Bertz CT molecular complexity index is 1210. The highest BCUT2D eigenvalue weighted by Crippen LogP contribution is 2.30. The molecule has 0 aliphatic heterocycles. The average Bonchev–Trinajstić information content (AvgIpc) is 3.21. The van der Waals surface area contributed by atoms with E-state index in [0.717, 1.165) is 5.56 Å². The van der Waals surface area contributed by atoms with Gasteiger partial charge in [-0.25, -0.2) is 9.78 Å². The van der Waals surface area contributed by atoms with Gasteiger partial charge in [-0.1, -0.05) is 35.9 Å². The first-order valence-electron chi connectivity index (χ1n) is 9.29. The largest absolute Gasteiger partial charge is 0.476 e. The number of benzene rings is 3. The molecule has 3 aromatic carbocycles. The summed E-state index contributed by atoms with van der Waals surface area (Å²) in [6.07, 6.45) is 0. The minimum atomic E-state index is -1.17. The van der Waals surface area contributed by atoms with Gasteiger partial charge in [0.1, 0.15) is 0 Å². The van der Waals surface area contributed by atoms with E-state index in [0.29, 0.717) is 22.4 Å². The Morgan fingerprint density at radius 3 is 2.30 bits per heavy atom. The second-order valence-corrected chi connectivity index (χ2v) is 6.77. The van der Waals surface area contributed by atoms with E-state index in [-0.39, 0.29) is 23.3 Å². The molecule has 0 aliphatic carbocycles. The number of carbonyl (C=O) groups excluding carboxylic acids is 1. The van der Waals surface area contributed by atoms with E-state index in [9.17, 15) is 14.7 Å². The Morgan fingerprint density at radius 1 is 0.900 bits per heavy atom. The highest BCUT2D eigenvalue weighted by molar-refractivity contribution is 6.04. The molecule has 4 rings (SSSR count). The number of nitrogens with zero attached hydrogens (tertiary/aromatic N) is 1. The Kier molecular flexibility index (Phi) is 5.13. The van der Waals surface area contributed by atoms with Crippen molar-refractivity contribution in [1.29, 1.82) is 0 Å². The number of rotatable bonds is 5. The number of oxazole rings is 1. The van der Waals surface area contributed by atoms with Crippen molar-refractivity contribution >= 4 is 17.6 Å². The molecule has 30 heavy (non-hydrogen) atoms. The first-order valence-corrected chi connectivity index (χ1v) is 9.29. The van der Waals surface area contributed by atoms with Crippen molar-refractivity contribution < 1.29 is 19.1 Å². The van der Waals surface area contributed by atoms with Gasteiger partial charge in [0.2, 0.25) is 5.89 Å². The summed E-state index contributed by atoms with van der Waals surface area (Å²) in [4.78, 5) is 28.2. The van der Waals surface area contributed by atoms with Crippen LogP contribution in [-0.4, -0.2) is 22.0 Å². The minimum Gasteiger partial charge on any atom is -0.476 e. The molecule has 4 aromatic rings. The maximum Gasteiger partial charge on any atom is 0.358 e. The van der Waals surface area contributed by atoms with E-state index in [2.05, 4.69) is 10.3 Å². The van der Waals surface area contributed by atoms with Gasteiger partial charge < -0.3 is 14.8 Å². The molecule has 0 saturated heterocycles. The molecule has 0 radical (unpaired) electrons. The fraction of sp³-hybridized carbons (Fsp3) is 0.0417. The SMILES string of the molecule is Cc1cccc(C(=O)Nc2ccc(-c3oc(-c4ccccc4)nc3C(=O)O)cc2)c1. The van der Waals surface area contributed by atoms with E-state index >= 15 is 0 Å². The Hall–Kier alpha value is -4.19. The molecule has 6 heteroatoms. The van der Waals surface area contributed by atoms with Gasteiger partial charge in [-0.2, -0.15) is 0 Å². The molecular formula is C24H18N2O4. The van der Waals surface area contributed by atoms with Crippen molar-refractivity contribution in [2.45, 2.75) is 6.92 Å². The first-order chi connectivity index (χ1) is 14.5. The quantitative estimate of drug-likeness (QED) is 0.478. The number of carboxylic acids is 1. The van der Waals surface area contributed by atoms with Crippen LogP contribution in [-0.2, 0) is 0 Å². The van der Waals surface area contributed by atoms with Gasteiger partial charge in [0.15, 0.2) is 11.5 Å². The average molecular weight is 398 g/mol. The summed E-state index contributed by atoms with van der Waals surface area (Å²) in [6.45, 7) is 1.92. The van der Waals surface area contributed by atoms with Gasteiger partial charge in [-0.15, -0.1) is 0 Å². The van der Waals surface area contributed by atoms with Crippen LogP contribution < -0.4 is 5.32 Å². The topological polar surface area (TPSA) is 92.4 Å². The third-order valence-corrected chi connectivity index (χ3v) is 4.54. The highest BCUT2D eigenvalue weighted by atomic mass is 16.4. The van der Waals surface area contributed by atoms with Crippen molar-refractivity contribution in [1.82, 2.24) is 4.98 Å². The predicted octanol–water partition coefficient (Wildman–Crippen LogP) is 5.27. The molecule has 148 valence electrons. The lowest BCUT2D eigenvalue weighted by atomic mass is 10.1. The number of aryl methyl sites for hydroxylation is 1. The zero-order chi connectivity index (χ0) is 21.1. The predicted molar refractivity (Wildman–Crippen MR) is 113 cm³/mol. The highest BCUT2D eigenvalue weighted by Gasteiger charge is 2.21. The monoisotopic (exact) mass is 398 g/mol. The molecule has 0 unspecified atom stereocenters. The van der Waals surface area contributed by atoms with Crippen LogP contribution in [0.25, 0.3) is 22.8 Å². The summed E-state index contributed by atoms with van der Waals surface area (Å²) in [5.74, 6) is -0.991. The number of aromatic carboxylic acids is 1. The Labute approximate surface area is 172 Å². The standard InChI is InChI=1S/C24H18N2O4/c1-15-6-5-9-18(14-15)22(27)25-19-12-10-16(11-13-19)21-20(24(28)29)26-23(30-21)17-7-3-2-4-8-17/h2-14H,1H3,(H,25,27)(H,28,29).